The Morgan fingerprint density at radius 1 is 1.25 bits per heavy atom. The van der Waals surface area contributed by atoms with Crippen molar-refractivity contribution in [1.29, 1.82) is 0 Å². The Bertz CT molecular complexity index is 473. The molecule has 0 atom stereocenters. The van der Waals surface area contributed by atoms with Gasteiger partial charge in [-0.2, -0.15) is 0 Å². The second-order valence-corrected chi connectivity index (χ2v) is 3.63. The Kier molecular flexibility index (Phi) is 3.10. The van der Waals surface area contributed by atoms with E-state index in [4.69, 9.17) is 0 Å². The van der Waals surface area contributed by atoms with Crippen LogP contribution in [0.2, 0.25) is 0 Å². The van der Waals surface area contributed by atoms with Crippen molar-refractivity contribution in [2.24, 2.45) is 0 Å². The molecule has 16 heavy (non-hydrogen) atoms. The summed E-state index contributed by atoms with van der Waals surface area (Å²) in [4.78, 5) is 10.4. The van der Waals surface area contributed by atoms with E-state index in [1.165, 1.54) is 5.56 Å². The third kappa shape index (κ3) is 2.34. The summed E-state index contributed by atoms with van der Waals surface area (Å²) in [5.74, 6) is 0. The predicted octanol–water partition coefficient (Wildman–Crippen LogP) is 1.70. The molecule has 4 heteroatoms. The van der Waals surface area contributed by atoms with Crippen molar-refractivity contribution in [3.8, 4) is 0 Å². The van der Waals surface area contributed by atoms with Crippen LogP contribution in [0.25, 0.3) is 0 Å². The lowest BCUT2D eigenvalue weighted by molar-refractivity contribution is 0.111. The fourth-order valence-corrected chi connectivity index (χ4v) is 1.51. The predicted molar refractivity (Wildman–Crippen MR) is 60.3 cm³/mol. The number of carbonyl (C=O) groups is 1. The first kappa shape index (κ1) is 10.5. The maximum absolute atomic E-state index is 10.4. The Labute approximate surface area is 93.9 Å². The molecule has 0 unspecified atom stereocenters. The molecule has 0 fully saturated rings. The van der Waals surface area contributed by atoms with Crippen molar-refractivity contribution >= 4 is 6.29 Å². The SMILES string of the molecule is CCc1ccc(Cn2cc(C=O)nn2)cc1. The standard InChI is InChI=1S/C12H13N3O/c1-2-10-3-5-11(6-4-10)7-15-8-12(9-16)13-14-15/h3-6,8-9H,2,7H2,1H3. The van der Waals surface area contributed by atoms with E-state index in [0.717, 1.165) is 12.0 Å². The summed E-state index contributed by atoms with van der Waals surface area (Å²) >= 11 is 0. The molecule has 4 nitrogen and oxygen atoms in total. The largest absolute Gasteiger partial charge is 0.296 e. The number of aryl methyl sites for hydroxylation is 1. The fourth-order valence-electron chi connectivity index (χ4n) is 1.51. The second kappa shape index (κ2) is 4.70. The third-order valence-corrected chi connectivity index (χ3v) is 2.45. The van der Waals surface area contributed by atoms with Crippen LogP contribution in [-0.4, -0.2) is 21.3 Å². The zero-order chi connectivity index (χ0) is 11.4. The van der Waals surface area contributed by atoms with E-state index in [2.05, 4.69) is 41.5 Å². The molecule has 0 aliphatic carbocycles. The molecule has 1 heterocycles. The molecule has 0 spiro atoms. The molecule has 2 rings (SSSR count). The van der Waals surface area contributed by atoms with Crippen molar-refractivity contribution < 1.29 is 4.79 Å². The van der Waals surface area contributed by atoms with Gasteiger partial charge in [-0.15, -0.1) is 5.10 Å². The Morgan fingerprint density at radius 2 is 1.94 bits per heavy atom. The van der Waals surface area contributed by atoms with Gasteiger partial charge in [0.2, 0.25) is 0 Å². The average molecular weight is 215 g/mol. The van der Waals surface area contributed by atoms with Gasteiger partial charge < -0.3 is 0 Å². The molecule has 0 saturated heterocycles. The number of aldehydes is 1. The molecule has 0 bridgehead atoms. The average Bonchev–Trinajstić information content (AvgIpc) is 2.78. The van der Waals surface area contributed by atoms with Gasteiger partial charge in [-0.05, 0) is 17.5 Å². The molecule has 0 saturated carbocycles. The summed E-state index contributed by atoms with van der Waals surface area (Å²) in [6.45, 7) is 2.77. The lowest BCUT2D eigenvalue weighted by Crippen LogP contribution is -2.00. The molecule has 0 amide bonds. The van der Waals surface area contributed by atoms with E-state index in [9.17, 15) is 4.79 Å². The van der Waals surface area contributed by atoms with Crippen molar-refractivity contribution in [1.82, 2.24) is 15.0 Å². The van der Waals surface area contributed by atoms with Gasteiger partial charge in [0.05, 0.1) is 12.7 Å². The van der Waals surface area contributed by atoms with Crippen LogP contribution in [0.5, 0.6) is 0 Å². The quantitative estimate of drug-likeness (QED) is 0.729. The topological polar surface area (TPSA) is 47.8 Å². The van der Waals surface area contributed by atoms with Crippen LogP contribution in [0.15, 0.2) is 30.5 Å². The Hall–Kier alpha value is -1.97. The van der Waals surface area contributed by atoms with E-state index in [-0.39, 0.29) is 0 Å². The molecule has 1 aromatic heterocycles. The fraction of sp³-hybridized carbons (Fsp3) is 0.250. The van der Waals surface area contributed by atoms with Crippen molar-refractivity contribution in [2.45, 2.75) is 19.9 Å². The number of hydrogen-bond donors (Lipinski definition) is 0. The zero-order valence-electron chi connectivity index (χ0n) is 9.13. The lowest BCUT2D eigenvalue weighted by Gasteiger charge is -2.02. The summed E-state index contributed by atoms with van der Waals surface area (Å²) in [5.41, 5.74) is 2.83. The normalized spacial score (nSPS) is 10.3. The van der Waals surface area contributed by atoms with E-state index in [1.807, 2.05) is 0 Å². The smallest absolute Gasteiger partial charge is 0.171 e. The number of hydrogen-bond acceptors (Lipinski definition) is 3. The molecule has 1 aromatic carbocycles. The highest BCUT2D eigenvalue weighted by atomic mass is 16.1. The molecular formula is C12H13N3O. The Balaban J connectivity index is 2.10. The second-order valence-electron chi connectivity index (χ2n) is 3.63. The zero-order valence-corrected chi connectivity index (χ0v) is 9.13. The minimum absolute atomic E-state index is 0.366. The van der Waals surface area contributed by atoms with Gasteiger partial charge in [-0.25, -0.2) is 4.68 Å². The van der Waals surface area contributed by atoms with Crippen LogP contribution in [0.3, 0.4) is 0 Å². The molecule has 0 N–H and O–H groups in total. The van der Waals surface area contributed by atoms with Gasteiger partial charge in [0, 0.05) is 0 Å². The summed E-state index contributed by atoms with van der Waals surface area (Å²) in [6, 6.07) is 8.35. The first-order chi connectivity index (χ1) is 7.81. The van der Waals surface area contributed by atoms with Crippen LogP contribution < -0.4 is 0 Å². The Morgan fingerprint density at radius 3 is 2.50 bits per heavy atom. The molecule has 0 aliphatic rings. The third-order valence-electron chi connectivity index (χ3n) is 2.45. The van der Waals surface area contributed by atoms with E-state index >= 15 is 0 Å². The molecular weight excluding hydrogens is 202 g/mol. The number of carbonyl (C=O) groups excluding carboxylic acids is 1. The molecule has 82 valence electrons. The first-order valence-corrected chi connectivity index (χ1v) is 5.25. The van der Waals surface area contributed by atoms with Gasteiger partial charge in [0.1, 0.15) is 5.69 Å². The highest BCUT2D eigenvalue weighted by Gasteiger charge is 2.00. The van der Waals surface area contributed by atoms with Gasteiger partial charge >= 0.3 is 0 Å². The summed E-state index contributed by atoms with van der Waals surface area (Å²) in [5, 5.41) is 7.57. The number of aromatic nitrogens is 3. The first-order valence-electron chi connectivity index (χ1n) is 5.25. The van der Waals surface area contributed by atoms with E-state index in [1.54, 1.807) is 10.9 Å². The minimum Gasteiger partial charge on any atom is -0.296 e. The monoisotopic (exact) mass is 215 g/mol. The summed E-state index contributed by atoms with van der Waals surface area (Å²) in [7, 11) is 0. The van der Waals surface area contributed by atoms with Crippen molar-refractivity contribution in [2.75, 3.05) is 0 Å². The van der Waals surface area contributed by atoms with Gasteiger partial charge in [0.25, 0.3) is 0 Å². The molecule has 2 aromatic rings. The van der Waals surface area contributed by atoms with Gasteiger partial charge in [-0.3, -0.25) is 4.79 Å². The van der Waals surface area contributed by atoms with Crippen molar-refractivity contribution in [3.63, 3.8) is 0 Å². The molecule has 0 aliphatic heterocycles. The number of rotatable bonds is 4. The number of benzene rings is 1. The van der Waals surface area contributed by atoms with E-state index < -0.39 is 0 Å². The lowest BCUT2D eigenvalue weighted by atomic mass is 10.1. The maximum atomic E-state index is 10.4. The van der Waals surface area contributed by atoms with Crippen molar-refractivity contribution in [3.05, 3.63) is 47.3 Å². The van der Waals surface area contributed by atoms with Gasteiger partial charge in [-0.1, -0.05) is 36.4 Å². The van der Waals surface area contributed by atoms with Crippen LogP contribution in [0, 0.1) is 0 Å². The van der Waals surface area contributed by atoms with Crippen LogP contribution in [-0.2, 0) is 13.0 Å². The minimum atomic E-state index is 0.366. The highest BCUT2D eigenvalue weighted by Crippen LogP contribution is 2.06. The van der Waals surface area contributed by atoms with Crippen LogP contribution in [0.1, 0.15) is 28.5 Å². The maximum Gasteiger partial charge on any atom is 0.171 e. The highest BCUT2D eigenvalue weighted by molar-refractivity contribution is 5.70. The summed E-state index contributed by atoms with van der Waals surface area (Å²) in [6.07, 6.45) is 3.38. The summed E-state index contributed by atoms with van der Waals surface area (Å²) < 4.78 is 1.66. The van der Waals surface area contributed by atoms with Crippen LogP contribution in [0.4, 0.5) is 0 Å². The molecule has 0 radical (unpaired) electrons. The number of nitrogens with zero attached hydrogens (tertiary/aromatic N) is 3. The van der Waals surface area contributed by atoms with Gasteiger partial charge in [0.15, 0.2) is 6.29 Å². The van der Waals surface area contributed by atoms with Crippen LogP contribution >= 0.6 is 0 Å². The van der Waals surface area contributed by atoms with E-state index in [0.29, 0.717) is 18.5 Å².